The van der Waals surface area contributed by atoms with E-state index in [0.717, 1.165) is 75.3 Å². The number of aryl methyl sites for hydroxylation is 6. The van der Waals surface area contributed by atoms with Crippen molar-refractivity contribution in [1.29, 1.82) is 0 Å². The van der Waals surface area contributed by atoms with Crippen LogP contribution in [-0.4, -0.2) is 110 Å². The molecule has 0 spiro atoms. The minimum Gasteiger partial charge on any atom is -0.356 e. The fraction of sp³-hybridized carbons (Fsp3) is 0.648. The van der Waals surface area contributed by atoms with Crippen molar-refractivity contribution < 1.29 is 0 Å². The van der Waals surface area contributed by atoms with Crippen LogP contribution >= 0.6 is 0 Å². The van der Waals surface area contributed by atoms with Crippen molar-refractivity contribution in [3.8, 4) is 0 Å². The van der Waals surface area contributed by atoms with Crippen LogP contribution in [0.3, 0.4) is 0 Å². The van der Waals surface area contributed by atoms with Gasteiger partial charge < -0.3 is 49.0 Å². The second-order valence-electron chi connectivity index (χ2n) is 37.8. The van der Waals surface area contributed by atoms with Crippen molar-refractivity contribution in [2.45, 2.75) is 301 Å². The van der Waals surface area contributed by atoms with Crippen molar-refractivity contribution in [2.75, 3.05) is 66.0 Å². The summed E-state index contributed by atoms with van der Waals surface area (Å²) in [5.74, 6) is 8.38. The summed E-state index contributed by atoms with van der Waals surface area (Å²) in [5, 5.41) is 0. The molecule has 4 aromatic rings. The third kappa shape index (κ3) is 16.8. The lowest BCUT2D eigenvalue weighted by atomic mass is 9.52. The SMILES string of the molecule is C1=CN(C23CC4CC(CC(C4)C2)C3)CN1C12CC3CC(CC(C3)C1)C2.CC(C)(C)N1C=CN(C(C)(C)C)C1.CC(C)N1C=CN(C(C)C)C1.CC(C)c1cccc(C(C)C)c1N1C=CN(c2c(C(C)C)cccc2C(C)C)C1.Cc1cc(C)c(N2CCN(c3c(C)cc(C)cc3C)C2)c(C)c1. The fourth-order valence-corrected chi connectivity index (χ4v) is 21.0. The lowest BCUT2D eigenvalue weighted by molar-refractivity contribution is -0.105. The molecule has 0 aromatic heterocycles. The first-order valence-corrected chi connectivity index (χ1v) is 40.3. The molecule has 101 heavy (non-hydrogen) atoms. The first-order chi connectivity index (χ1) is 47.6. The van der Waals surface area contributed by atoms with E-state index in [4.69, 9.17) is 0 Å². The minimum absolute atomic E-state index is 0.233. The number of para-hydroxylation sites is 2. The smallest absolute Gasteiger partial charge is 0.0989 e. The quantitative estimate of drug-likeness (QED) is 0.137. The number of nitrogens with zero attached hydrogens (tertiary/aromatic N) is 10. The molecule has 0 atom stereocenters. The molecular weight excluding hydrogens is 1230 g/mol. The Morgan fingerprint density at radius 2 is 0.634 bits per heavy atom. The van der Waals surface area contributed by atoms with Crippen LogP contribution in [-0.2, 0) is 0 Å². The highest BCUT2D eigenvalue weighted by Gasteiger charge is 2.57. The Morgan fingerprint density at radius 1 is 0.337 bits per heavy atom. The molecule has 5 aliphatic heterocycles. The maximum absolute atomic E-state index is 2.86. The first-order valence-electron chi connectivity index (χ1n) is 40.3. The maximum atomic E-state index is 2.86. The lowest BCUT2D eigenvalue weighted by Gasteiger charge is -2.62. The molecule has 8 bridgehead atoms. The molecule has 0 unspecified atom stereocenters. The number of hydrogen-bond donors (Lipinski definition) is 0. The standard InChI is InChI=1S/C27H38N2.C23H34N2.C21H28N2.C11H22N2.C9H18N2/c1-18(2)22-11-9-12-23(19(3)4)26(22)28-15-16-29(17-28)27-24(20(5)6)13-10-14-25(27)21(7)8;1-2-25(23-12-19-6-20(13-23)8-21(7-19)14-23)15-24(1)22-9-16-3-17(10-22)5-18(4-16)11-22;1-14-9-16(3)20(17(4)10-14)22-7-8-23(13-22)21-18(5)11-15(2)12-19(21)6;1-10(2,3)12-7-8-13(9-12)11(4,5)6;1-8(2)10-5-6-11(7-10)9(3)4/h9-16,18-21H,17H2,1-8H3;1-2,16-21H,3-15H2;9-12H,7-8,13H2,1-6H3;7-8H,9H2,1-6H3;5-6,8-9H,7H2,1-4H3. The highest BCUT2D eigenvalue weighted by Crippen LogP contribution is 2.61. The maximum Gasteiger partial charge on any atom is 0.0989 e. The second-order valence-corrected chi connectivity index (χ2v) is 37.8. The van der Waals surface area contributed by atoms with Crippen molar-refractivity contribution >= 4 is 22.7 Å². The summed E-state index contributed by atoms with van der Waals surface area (Å²) in [7, 11) is 0. The van der Waals surface area contributed by atoms with E-state index in [9.17, 15) is 0 Å². The predicted octanol–water partition coefficient (Wildman–Crippen LogP) is 22.2. The Hall–Kier alpha value is -6.16. The van der Waals surface area contributed by atoms with Gasteiger partial charge in [-0.25, -0.2) is 0 Å². The monoisotopic (exact) mass is 1370 g/mol. The molecule has 554 valence electrons. The van der Waals surface area contributed by atoms with Gasteiger partial charge in [0.2, 0.25) is 0 Å². The Balaban J connectivity index is 0.000000132. The molecule has 0 amide bonds. The summed E-state index contributed by atoms with van der Waals surface area (Å²) < 4.78 is 0. The molecule has 0 N–H and O–H groups in total. The van der Waals surface area contributed by atoms with Gasteiger partial charge in [0.1, 0.15) is 0 Å². The van der Waals surface area contributed by atoms with Crippen molar-refractivity contribution in [1.82, 2.24) is 29.4 Å². The van der Waals surface area contributed by atoms with Gasteiger partial charge in [0, 0.05) is 120 Å². The molecule has 1 saturated heterocycles. The van der Waals surface area contributed by atoms with Gasteiger partial charge in [-0.15, -0.1) is 0 Å². The molecule has 8 aliphatic carbocycles. The Bertz CT molecular complexity index is 3210. The molecule has 0 radical (unpaired) electrons. The van der Waals surface area contributed by atoms with E-state index in [0.29, 0.717) is 46.8 Å². The fourth-order valence-electron chi connectivity index (χ4n) is 21.0. The van der Waals surface area contributed by atoms with Crippen LogP contribution in [0.4, 0.5) is 22.7 Å². The Kier molecular flexibility index (Phi) is 22.9. The zero-order valence-corrected chi connectivity index (χ0v) is 68.2. The number of benzene rings is 4. The van der Waals surface area contributed by atoms with Gasteiger partial charge >= 0.3 is 0 Å². The van der Waals surface area contributed by atoms with E-state index in [1.54, 1.807) is 38.5 Å². The van der Waals surface area contributed by atoms with Crippen LogP contribution in [0.5, 0.6) is 0 Å². The first kappa shape index (κ1) is 76.0. The van der Waals surface area contributed by atoms with E-state index in [1.165, 1.54) is 124 Å². The van der Waals surface area contributed by atoms with E-state index in [2.05, 4.69) is 325 Å². The number of anilines is 4. The summed E-state index contributed by atoms with van der Waals surface area (Å²) in [6, 6.07) is 24.1. The van der Waals surface area contributed by atoms with Gasteiger partial charge in [-0.05, 0) is 292 Å². The van der Waals surface area contributed by atoms with Crippen LogP contribution in [0, 0.1) is 77.0 Å². The summed E-state index contributed by atoms with van der Waals surface area (Å²) >= 11 is 0. The van der Waals surface area contributed by atoms with Gasteiger partial charge in [0.15, 0.2) is 0 Å². The zero-order chi connectivity index (χ0) is 72.9. The Labute approximate surface area is 617 Å². The molecule has 10 nitrogen and oxygen atoms in total. The minimum atomic E-state index is 0.233. The molecule has 8 saturated carbocycles. The summed E-state index contributed by atoms with van der Waals surface area (Å²) in [6.07, 6.45) is 36.8. The molecular formula is C91H140N10. The van der Waals surface area contributed by atoms with Crippen molar-refractivity contribution in [3.05, 3.63) is 166 Å². The predicted molar refractivity (Wildman–Crippen MR) is 434 cm³/mol. The molecule has 17 rings (SSSR count). The topological polar surface area (TPSA) is 32.4 Å². The zero-order valence-electron chi connectivity index (χ0n) is 68.2. The third-order valence-electron chi connectivity index (χ3n) is 25.4. The average Bonchev–Trinajstić information content (AvgIpc) is 1.70. The summed E-state index contributed by atoms with van der Waals surface area (Å²) in [6.45, 7) is 61.3. The van der Waals surface area contributed by atoms with E-state index in [1.807, 2.05) is 0 Å². The van der Waals surface area contributed by atoms with E-state index >= 15 is 0 Å². The van der Waals surface area contributed by atoms with Crippen LogP contribution in [0.15, 0.2) is 110 Å². The van der Waals surface area contributed by atoms with Gasteiger partial charge in [-0.1, -0.05) is 127 Å². The van der Waals surface area contributed by atoms with E-state index < -0.39 is 0 Å². The largest absolute Gasteiger partial charge is 0.356 e. The molecule has 13 aliphatic rings. The summed E-state index contributed by atoms with van der Waals surface area (Å²) in [5.41, 5.74) is 21.2. The van der Waals surface area contributed by atoms with Gasteiger partial charge in [-0.3, -0.25) is 0 Å². The van der Waals surface area contributed by atoms with Gasteiger partial charge in [0.25, 0.3) is 0 Å². The normalized spacial score (nSPS) is 26.1. The van der Waals surface area contributed by atoms with Crippen molar-refractivity contribution in [2.24, 2.45) is 35.5 Å². The van der Waals surface area contributed by atoms with Gasteiger partial charge in [0.05, 0.1) is 33.3 Å². The van der Waals surface area contributed by atoms with Crippen LogP contribution in [0.1, 0.15) is 281 Å². The molecule has 5 heterocycles. The third-order valence-corrected chi connectivity index (χ3v) is 25.4. The van der Waals surface area contributed by atoms with Crippen LogP contribution < -0.4 is 19.6 Å². The van der Waals surface area contributed by atoms with Crippen LogP contribution in [0.25, 0.3) is 0 Å². The van der Waals surface area contributed by atoms with Crippen molar-refractivity contribution in [3.63, 3.8) is 0 Å². The van der Waals surface area contributed by atoms with Crippen LogP contribution in [0.2, 0.25) is 0 Å². The molecule has 10 heteroatoms. The number of rotatable bonds is 12. The second kappa shape index (κ2) is 30.5. The number of hydrogen-bond acceptors (Lipinski definition) is 10. The molecule has 4 aromatic carbocycles. The molecule has 9 fully saturated rings. The lowest BCUT2D eigenvalue weighted by Crippen LogP contribution is -2.62. The average molecular weight is 1370 g/mol. The van der Waals surface area contributed by atoms with Gasteiger partial charge in [-0.2, -0.15) is 0 Å². The summed E-state index contributed by atoms with van der Waals surface area (Å²) in [4.78, 5) is 25.1. The Morgan fingerprint density at radius 3 is 0.881 bits per heavy atom. The highest BCUT2D eigenvalue weighted by atomic mass is 15.4. The van der Waals surface area contributed by atoms with E-state index in [-0.39, 0.29) is 11.1 Å². The highest BCUT2D eigenvalue weighted by molar-refractivity contribution is 5.71.